The van der Waals surface area contributed by atoms with Gasteiger partial charge < -0.3 is 10.5 Å². The molecular formula is C14H18FN3O. The molecule has 0 fully saturated rings. The van der Waals surface area contributed by atoms with Gasteiger partial charge in [0.05, 0.1) is 6.54 Å². The van der Waals surface area contributed by atoms with Crippen molar-refractivity contribution in [3.05, 3.63) is 48.0 Å². The zero-order valence-electron chi connectivity index (χ0n) is 10.9. The first-order valence-electron chi connectivity index (χ1n) is 6.29. The van der Waals surface area contributed by atoms with Crippen LogP contribution in [0, 0.1) is 5.82 Å². The van der Waals surface area contributed by atoms with Crippen molar-refractivity contribution in [2.75, 3.05) is 6.61 Å². The van der Waals surface area contributed by atoms with Crippen LogP contribution in [0.3, 0.4) is 0 Å². The maximum Gasteiger partial charge on any atom is 0.123 e. The van der Waals surface area contributed by atoms with Crippen LogP contribution in [0.25, 0.3) is 0 Å². The summed E-state index contributed by atoms with van der Waals surface area (Å²) in [5.41, 5.74) is 6.56. The highest BCUT2D eigenvalue weighted by Gasteiger charge is 2.08. The Hall–Kier alpha value is -1.88. The topological polar surface area (TPSA) is 53.1 Å². The summed E-state index contributed by atoms with van der Waals surface area (Å²) in [7, 11) is 0. The SMILES string of the molecule is CC(N)Cc1cc(F)ccc1OCCn1cccn1. The Kier molecular flexibility index (Phi) is 4.52. The van der Waals surface area contributed by atoms with Crippen LogP contribution in [0.4, 0.5) is 4.39 Å². The van der Waals surface area contributed by atoms with Gasteiger partial charge in [0.15, 0.2) is 0 Å². The van der Waals surface area contributed by atoms with E-state index in [0.717, 1.165) is 5.56 Å². The molecule has 1 unspecified atom stereocenters. The molecule has 0 saturated carbocycles. The van der Waals surface area contributed by atoms with Crippen molar-refractivity contribution in [1.29, 1.82) is 0 Å². The lowest BCUT2D eigenvalue weighted by molar-refractivity contribution is 0.287. The summed E-state index contributed by atoms with van der Waals surface area (Å²) in [6.45, 7) is 3.03. The molecule has 1 aromatic carbocycles. The van der Waals surface area contributed by atoms with Gasteiger partial charge in [-0.2, -0.15) is 5.10 Å². The average molecular weight is 263 g/mol. The highest BCUT2D eigenvalue weighted by Crippen LogP contribution is 2.21. The first-order chi connectivity index (χ1) is 9.15. The van der Waals surface area contributed by atoms with Gasteiger partial charge in [-0.05, 0) is 43.2 Å². The molecule has 0 aliphatic carbocycles. The van der Waals surface area contributed by atoms with Gasteiger partial charge in [-0.3, -0.25) is 4.68 Å². The molecule has 19 heavy (non-hydrogen) atoms. The molecule has 2 N–H and O–H groups in total. The van der Waals surface area contributed by atoms with Crippen molar-refractivity contribution in [3.8, 4) is 5.75 Å². The summed E-state index contributed by atoms with van der Waals surface area (Å²) in [5, 5.41) is 4.09. The Morgan fingerprint density at radius 1 is 1.47 bits per heavy atom. The number of nitrogens with zero attached hydrogens (tertiary/aromatic N) is 2. The molecule has 1 heterocycles. The average Bonchev–Trinajstić information content (AvgIpc) is 2.84. The second kappa shape index (κ2) is 6.33. The fourth-order valence-electron chi connectivity index (χ4n) is 1.88. The van der Waals surface area contributed by atoms with Crippen molar-refractivity contribution >= 4 is 0 Å². The predicted octanol–water partition coefficient (Wildman–Crippen LogP) is 1.99. The fraction of sp³-hybridized carbons (Fsp3) is 0.357. The molecule has 0 aliphatic heterocycles. The van der Waals surface area contributed by atoms with E-state index in [9.17, 15) is 4.39 Å². The number of hydrogen-bond acceptors (Lipinski definition) is 3. The molecule has 0 radical (unpaired) electrons. The molecule has 0 aliphatic rings. The third kappa shape index (κ3) is 4.06. The maximum atomic E-state index is 13.2. The van der Waals surface area contributed by atoms with Crippen LogP contribution in [0.1, 0.15) is 12.5 Å². The fourth-order valence-corrected chi connectivity index (χ4v) is 1.88. The second-order valence-electron chi connectivity index (χ2n) is 4.55. The van der Waals surface area contributed by atoms with Crippen molar-refractivity contribution in [2.45, 2.75) is 25.9 Å². The largest absolute Gasteiger partial charge is 0.491 e. The number of aromatic nitrogens is 2. The third-order valence-electron chi connectivity index (χ3n) is 2.70. The van der Waals surface area contributed by atoms with E-state index >= 15 is 0 Å². The number of rotatable bonds is 6. The molecule has 1 aromatic heterocycles. The van der Waals surface area contributed by atoms with Gasteiger partial charge in [0, 0.05) is 18.4 Å². The van der Waals surface area contributed by atoms with E-state index < -0.39 is 0 Å². The lowest BCUT2D eigenvalue weighted by Gasteiger charge is -2.13. The summed E-state index contributed by atoms with van der Waals surface area (Å²) >= 11 is 0. The van der Waals surface area contributed by atoms with Gasteiger partial charge in [-0.1, -0.05) is 0 Å². The lowest BCUT2D eigenvalue weighted by atomic mass is 10.1. The van der Waals surface area contributed by atoms with Crippen LogP contribution in [0.2, 0.25) is 0 Å². The maximum absolute atomic E-state index is 13.2. The van der Waals surface area contributed by atoms with Gasteiger partial charge >= 0.3 is 0 Å². The van der Waals surface area contributed by atoms with Crippen molar-refractivity contribution < 1.29 is 9.13 Å². The van der Waals surface area contributed by atoms with Gasteiger partial charge in [-0.25, -0.2) is 4.39 Å². The number of benzene rings is 1. The van der Waals surface area contributed by atoms with Gasteiger partial charge in [0.25, 0.3) is 0 Å². The number of ether oxygens (including phenoxy) is 1. The summed E-state index contributed by atoms with van der Waals surface area (Å²) < 4.78 is 20.7. The lowest BCUT2D eigenvalue weighted by Crippen LogP contribution is -2.19. The van der Waals surface area contributed by atoms with E-state index in [0.29, 0.717) is 25.3 Å². The Morgan fingerprint density at radius 3 is 3.00 bits per heavy atom. The van der Waals surface area contributed by atoms with Crippen LogP contribution in [0.15, 0.2) is 36.7 Å². The molecule has 5 heteroatoms. The Bertz CT molecular complexity index is 511. The summed E-state index contributed by atoms with van der Waals surface area (Å²) in [6.07, 6.45) is 4.19. The summed E-state index contributed by atoms with van der Waals surface area (Å²) in [6, 6.07) is 6.35. The predicted molar refractivity (Wildman–Crippen MR) is 71.5 cm³/mol. The molecule has 2 aromatic rings. The smallest absolute Gasteiger partial charge is 0.123 e. The zero-order valence-corrected chi connectivity index (χ0v) is 10.9. The van der Waals surface area contributed by atoms with Crippen LogP contribution in [-0.2, 0) is 13.0 Å². The molecule has 1 atom stereocenters. The van der Waals surface area contributed by atoms with Gasteiger partial charge in [0.2, 0.25) is 0 Å². The van der Waals surface area contributed by atoms with Crippen LogP contribution < -0.4 is 10.5 Å². The minimum atomic E-state index is -0.268. The third-order valence-corrected chi connectivity index (χ3v) is 2.70. The number of hydrogen-bond donors (Lipinski definition) is 1. The highest BCUT2D eigenvalue weighted by atomic mass is 19.1. The van der Waals surface area contributed by atoms with E-state index in [2.05, 4.69) is 5.10 Å². The van der Waals surface area contributed by atoms with Crippen LogP contribution in [0.5, 0.6) is 5.75 Å². The van der Waals surface area contributed by atoms with Gasteiger partial charge in [0.1, 0.15) is 18.2 Å². The summed E-state index contributed by atoms with van der Waals surface area (Å²) in [5.74, 6) is 0.418. The standard InChI is InChI=1S/C14H18FN3O/c1-11(16)9-12-10-13(15)3-4-14(12)19-8-7-18-6-2-5-17-18/h2-6,10-11H,7-9,16H2,1H3. The van der Waals surface area contributed by atoms with E-state index in [1.165, 1.54) is 12.1 Å². The Balaban J connectivity index is 1.98. The minimum Gasteiger partial charge on any atom is -0.491 e. The first kappa shape index (κ1) is 13.5. The molecule has 0 bridgehead atoms. The van der Waals surface area contributed by atoms with Crippen molar-refractivity contribution in [1.82, 2.24) is 9.78 Å². The minimum absolute atomic E-state index is 0.0322. The molecule has 0 saturated heterocycles. The molecule has 102 valence electrons. The first-order valence-corrected chi connectivity index (χ1v) is 6.29. The molecule has 0 amide bonds. The molecule has 2 rings (SSSR count). The van der Waals surface area contributed by atoms with E-state index in [1.807, 2.05) is 19.2 Å². The number of halogens is 1. The van der Waals surface area contributed by atoms with Crippen LogP contribution >= 0.6 is 0 Å². The van der Waals surface area contributed by atoms with Gasteiger partial charge in [-0.15, -0.1) is 0 Å². The highest BCUT2D eigenvalue weighted by molar-refractivity contribution is 5.34. The Morgan fingerprint density at radius 2 is 2.32 bits per heavy atom. The number of nitrogens with two attached hydrogens (primary N) is 1. The quantitative estimate of drug-likeness (QED) is 0.867. The normalized spacial score (nSPS) is 12.4. The van der Waals surface area contributed by atoms with E-state index in [4.69, 9.17) is 10.5 Å². The molecule has 0 spiro atoms. The monoisotopic (exact) mass is 263 g/mol. The molecule has 4 nitrogen and oxygen atoms in total. The summed E-state index contributed by atoms with van der Waals surface area (Å²) in [4.78, 5) is 0. The molecular weight excluding hydrogens is 245 g/mol. The second-order valence-corrected chi connectivity index (χ2v) is 4.55. The van der Waals surface area contributed by atoms with Crippen LogP contribution in [-0.4, -0.2) is 22.4 Å². The van der Waals surface area contributed by atoms with E-state index in [-0.39, 0.29) is 11.9 Å². The van der Waals surface area contributed by atoms with Crippen molar-refractivity contribution in [2.24, 2.45) is 5.73 Å². The van der Waals surface area contributed by atoms with E-state index in [1.54, 1.807) is 16.9 Å². The van der Waals surface area contributed by atoms with Crippen molar-refractivity contribution in [3.63, 3.8) is 0 Å². The Labute approximate surface area is 112 Å². The zero-order chi connectivity index (χ0) is 13.7.